The molecule has 0 fully saturated rings. The summed E-state index contributed by atoms with van der Waals surface area (Å²) in [5.41, 5.74) is 2.82. The summed E-state index contributed by atoms with van der Waals surface area (Å²) >= 11 is 0. The average Bonchev–Trinajstić information content (AvgIpc) is 2.14. The van der Waals surface area contributed by atoms with E-state index in [0.717, 1.165) is 12.8 Å². The highest BCUT2D eigenvalue weighted by Gasteiger charge is 2.26. The number of benzene rings is 1. The number of rotatable bonds is 3. The molecule has 13 heavy (non-hydrogen) atoms. The molecule has 0 aromatic heterocycles. The molecule has 0 aliphatic heterocycles. The van der Waals surface area contributed by atoms with Crippen molar-refractivity contribution in [3.05, 3.63) is 35.4 Å². The Labute approximate surface area is 78.8 Å². The lowest BCUT2D eigenvalue weighted by Gasteiger charge is -2.29. The van der Waals surface area contributed by atoms with Crippen LogP contribution in [-0.2, 0) is 11.2 Å². The third-order valence-electron chi connectivity index (χ3n) is 2.83. The van der Waals surface area contributed by atoms with Crippen LogP contribution in [0, 0.1) is 0 Å². The van der Waals surface area contributed by atoms with Crippen molar-refractivity contribution in [2.75, 3.05) is 0 Å². The van der Waals surface area contributed by atoms with Gasteiger partial charge in [-0.05, 0) is 23.5 Å². The Bertz CT molecular complexity index is 328. The number of carbonyl (C=O) groups excluding carboxylic acids is 1. The van der Waals surface area contributed by atoms with E-state index in [2.05, 4.69) is 24.3 Å². The summed E-state index contributed by atoms with van der Waals surface area (Å²) in [5, 5.41) is 0. The number of fused-ring (bicyclic) bond motifs is 1. The first-order valence-corrected chi connectivity index (χ1v) is 4.90. The topological polar surface area (TPSA) is 17.1 Å². The second-order valence-corrected chi connectivity index (χ2v) is 3.70. The van der Waals surface area contributed by atoms with Gasteiger partial charge in [0.2, 0.25) is 0 Å². The molecule has 1 aromatic carbocycles. The summed E-state index contributed by atoms with van der Waals surface area (Å²) in [4.78, 5) is 11.2. The normalized spacial score (nSPS) is 19.0. The number of hydrogen-bond acceptors (Lipinski definition) is 1. The molecule has 1 aromatic rings. The molecule has 0 spiro atoms. The summed E-state index contributed by atoms with van der Waals surface area (Å²) < 4.78 is 0. The largest absolute Gasteiger partial charge is 0.300 e. The van der Waals surface area contributed by atoms with E-state index in [0.29, 0.717) is 18.1 Å². The van der Waals surface area contributed by atoms with Crippen molar-refractivity contribution in [2.24, 2.45) is 0 Å². The summed E-state index contributed by atoms with van der Waals surface area (Å²) in [6.07, 6.45) is 2.52. The summed E-state index contributed by atoms with van der Waals surface area (Å²) in [6, 6.07) is 8.42. The maximum atomic E-state index is 11.2. The van der Waals surface area contributed by atoms with Gasteiger partial charge < -0.3 is 0 Å². The van der Waals surface area contributed by atoms with E-state index in [4.69, 9.17) is 0 Å². The molecule has 1 aliphatic carbocycles. The highest BCUT2D eigenvalue weighted by atomic mass is 16.1. The Hall–Kier alpha value is -1.11. The molecular weight excluding hydrogens is 160 g/mol. The predicted molar refractivity (Wildman–Crippen MR) is 52.8 cm³/mol. The van der Waals surface area contributed by atoms with Crippen LogP contribution in [0.1, 0.15) is 36.8 Å². The third-order valence-corrected chi connectivity index (χ3v) is 2.83. The fraction of sp³-hybridized carbons (Fsp3) is 0.417. The quantitative estimate of drug-likeness (QED) is 0.688. The van der Waals surface area contributed by atoms with Gasteiger partial charge in [-0.25, -0.2) is 0 Å². The van der Waals surface area contributed by atoms with Gasteiger partial charge in [-0.3, -0.25) is 4.79 Å². The lowest BCUT2D eigenvalue weighted by molar-refractivity contribution is -0.119. The first kappa shape index (κ1) is 8.49. The zero-order chi connectivity index (χ0) is 9.26. The minimum atomic E-state index is 0.388. The third kappa shape index (κ3) is 1.51. The van der Waals surface area contributed by atoms with E-state index >= 15 is 0 Å². The monoisotopic (exact) mass is 174 g/mol. The maximum Gasteiger partial charge on any atom is 0.133 e. The molecule has 1 heteroatoms. The molecule has 0 saturated heterocycles. The standard InChI is InChI=1S/C12H14O/c1-2-11(13)8-10-7-9-5-3-4-6-12(9)10/h3-6,10H,2,7-8H2,1H3/t10-/m0/s1. The number of Topliss-reactive ketones (excluding diaryl/α,β-unsaturated/α-hetero) is 1. The summed E-state index contributed by atoms with van der Waals surface area (Å²) in [5.74, 6) is 0.906. The molecule has 0 bridgehead atoms. The van der Waals surface area contributed by atoms with Crippen LogP contribution in [0.5, 0.6) is 0 Å². The van der Waals surface area contributed by atoms with Gasteiger partial charge in [-0.15, -0.1) is 0 Å². The molecule has 0 saturated carbocycles. The first-order valence-electron chi connectivity index (χ1n) is 4.90. The maximum absolute atomic E-state index is 11.2. The Morgan fingerprint density at radius 2 is 2.23 bits per heavy atom. The smallest absolute Gasteiger partial charge is 0.133 e. The molecule has 68 valence electrons. The highest BCUT2D eigenvalue weighted by molar-refractivity contribution is 5.79. The molecule has 1 aliphatic rings. The van der Waals surface area contributed by atoms with Crippen LogP contribution < -0.4 is 0 Å². The Balaban J connectivity index is 2.05. The fourth-order valence-corrected chi connectivity index (χ4v) is 1.96. The summed E-state index contributed by atoms with van der Waals surface area (Å²) in [7, 11) is 0. The molecule has 1 nitrogen and oxygen atoms in total. The molecule has 0 N–H and O–H groups in total. The SMILES string of the molecule is CCC(=O)C[C@@H]1Cc2ccccc21. The Morgan fingerprint density at radius 3 is 2.92 bits per heavy atom. The zero-order valence-corrected chi connectivity index (χ0v) is 7.92. The van der Waals surface area contributed by atoms with Gasteiger partial charge in [-0.1, -0.05) is 31.2 Å². The molecule has 2 rings (SSSR count). The average molecular weight is 174 g/mol. The minimum Gasteiger partial charge on any atom is -0.300 e. The van der Waals surface area contributed by atoms with E-state index in [-0.39, 0.29) is 0 Å². The van der Waals surface area contributed by atoms with Gasteiger partial charge in [-0.2, -0.15) is 0 Å². The molecule has 0 heterocycles. The predicted octanol–water partition coefficient (Wildman–Crippen LogP) is 2.70. The van der Waals surface area contributed by atoms with Crippen molar-refractivity contribution in [1.29, 1.82) is 0 Å². The van der Waals surface area contributed by atoms with E-state index in [1.165, 1.54) is 11.1 Å². The first-order chi connectivity index (χ1) is 6.31. The Morgan fingerprint density at radius 1 is 1.46 bits per heavy atom. The van der Waals surface area contributed by atoms with Gasteiger partial charge in [0.1, 0.15) is 5.78 Å². The number of hydrogen-bond donors (Lipinski definition) is 0. The van der Waals surface area contributed by atoms with Crippen LogP contribution in [-0.4, -0.2) is 5.78 Å². The number of carbonyl (C=O) groups is 1. The number of ketones is 1. The van der Waals surface area contributed by atoms with Crippen molar-refractivity contribution in [1.82, 2.24) is 0 Å². The van der Waals surface area contributed by atoms with Crippen molar-refractivity contribution >= 4 is 5.78 Å². The van der Waals surface area contributed by atoms with Crippen molar-refractivity contribution < 1.29 is 4.79 Å². The zero-order valence-electron chi connectivity index (χ0n) is 7.92. The summed E-state index contributed by atoms with van der Waals surface area (Å²) in [6.45, 7) is 1.94. The second-order valence-electron chi connectivity index (χ2n) is 3.70. The van der Waals surface area contributed by atoms with Crippen LogP contribution in [0.15, 0.2) is 24.3 Å². The van der Waals surface area contributed by atoms with Crippen molar-refractivity contribution in [3.8, 4) is 0 Å². The van der Waals surface area contributed by atoms with E-state index in [1.54, 1.807) is 0 Å². The van der Waals surface area contributed by atoms with Gasteiger partial charge in [0.25, 0.3) is 0 Å². The second kappa shape index (κ2) is 3.33. The van der Waals surface area contributed by atoms with Gasteiger partial charge in [0.15, 0.2) is 0 Å². The van der Waals surface area contributed by atoms with Crippen molar-refractivity contribution in [3.63, 3.8) is 0 Å². The van der Waals surface area contributed by atoms with E-state index < -0.39 is 0 Å². The van der Waals surface area contributed by atoms with Gasteiger partial charge in [0, 0.05) is 12.8 Å². The molecular formula is C12H14O. The molecule has 1 atom stereocenters. The minimum absolute atomic E-state index is 0.388. The lowest BCUT2D eigenvalue weighted by Crippen LogP contribution is -2.19. The van der Waals surface area contributed by atoms with Crippen LogP contribution in [0.25, 0.3) is 0 Å². The van der Waals surface area contributed by atoms with Crippen LogP contribution in [0.2, 0.25) is 0 Å². The van der Waals surface area contributed by atoms with Crippen LogP contribution in [0.4, 0.5) is 0 Å². The van der Waals surface area contributed by atoms with Crippen molar-refractivity contribution in [2.45, 2.75) is 32.1 Å². The molecule has 0 amide bonds. The van der Waals surface area contributed by atoms with Gasteiger partial charge >= 0.3 is 0 Å². The highest BCUT2D eigenvalue weighted by Crippen LogP contribution is 2.37. The van der Waals surface area contributed by atoms with Crippen LogP contribution in [0.3, 0.4) is 0 Å². The molecule has 0 radical (unpaired) electrons. The van der Waals surface area contributed by atoms with E-state index in [9.17, 15) is 4.79 Å². The van der Waals surface area contributed by atoms with Gasteiger partial charge in [0.05, 0.1) is 0 Å². The Kier molecular flexibility index (Phi) is 2.17. The fourth-order valence-electron chi connectivity index (χ4n) is 1.96. The molecule has 0 unspecified atom stereocenters. The van der Waals surface area contributed by atoms with E-state index in [1.807, 2.05) is 6.92 Å². The van der Waals surface area contributed by atoms with Crippen LogP contribution >= 0.6 is 0 Å². The lowest BCUT2D eigenvalue weighted by atomic mass is 9.75.